The van der Waals surface area contributed by atoms with E-state index in [2.05, 4.69) is 53.5 Å². The molecule has 0 spiro atoms. The first-order chi connectivity index (χ1) is 10.2. The zero-order valence-corrected chi connectivity index (χ0v) is 14.4. The standard InChI is InChI=1S/C18H29N2P/c1-16-8-6-12-19(14-16)21(18-10-4-3-5-11-18)20-13-7-9-17(2)15-20/h3-5,10-11,16-17H,6-9,12-15H2,1-2H3. The lowest BCUT2D eigenvalue weighted by atomic mass is 10.0. The van der Waals surface area contributed by atoms with Gasteiger partial charge in [-0.05, 0) is 37.5 Å². The Labute approximate surface area is 131 Å². The van der Waals surface area contributed by atoms with Crippen LogP contribution in [0.15, 0.2) is 30.3 Å². The van der Waals surface area contributed by atoms with Crippen LogP contribution in [0.2, 0.25) is 0 Å². The van der Waals surface area contributed by atoms with Gasteiger partial charge in [-0.3, -0.25) is 9.34 Å². The van der Waals surface area contributed by atoms with Gasteiger partial charge in [-0.1, -0.05) is 44.2 Å². The molecule has 0 aliphatic carbocycles. The van der Waals surface area contributed by atoms with Gasteiger partial charge >= 0.3 is 0 Å². The maximum atomic E-state index is 2.80. The summed E-state index contributed by atoms with van der Waals surface area (Å²) in [5.41, 5.74) is 0. The van der Waals surface area contributed by atoms with E-state index in [1.54, 1.807) is 5.30 Å². The fraction of sp³-hybridized carbons (Fsp3) is 0.667. The zero-order valence-electron chi connectivity index (χ0n) is 13.5. The third kappa shape index (κ3) is 3.86. The van der Waals surface area contributed by atoms with Crippen LogP contribution in [0.1, 0.15) is 39.5 Å². The smallest absolute Gasteiger partial charge is 0.0724 e. The Kier molecular flexibility index (Phi) is 5.32. The molecule has 0 saturated carbocycles. The van der Waals surface area contributed by atoms with Crippen molar-refractivity contribution >= 4 is 13.5 Å². The minimum atomic E-state index is -0.279. The highest BCUT2D eigenvalue weighted by Gasteiger charge is 2.32. The van der Waals surface area contributed by atoms with E-state index in [4.69, 9.17) is 0 Å². The van der Waals surface area contributed by atoms with Crippen molar-refractivity contribution in [3.63, 3.8) is 0 Å². The second kappa shape index (κ2) is 7.22. The van der Waals surface area contributed by atoms with Crippen molar-refractivity contribution in [3.8, 4) is 0 Å². The Morgan fingerprint density at radius 3 is 1.86 bits per heavy atom. The molecule has 3 heteroatoms. The number of benzene rings is 1. The molecule has 0 aromatic heterocycles. The van der Waals surface area contributed by atoms with Gasteiger partial charge in [-0.15, -0.1) is 0 Å². The normalized spacial score (nSPS) is 30.2. The van der Waals surface area contributed by atoms with Crippen molar-refractivity contribution in [3.05, 3.63) is 30.3 Å². The van der Waals surface area contributed by atoms with Crippen LogP contribution in [0.25, 0.3) is 0 Å². The molecular weight excluding hydrogens is 275 g/mol. The number of nitrogens with zero attached hydrogens (tertiary/aromatic N) is 2. The van der Waals surface area contributed by atoms with Crippen molar-refractivity contribution in [2.24, 2.45) is 11.8 Å². The summed E-state index contributed by atoms with van der Waals surface area (Å²) in [5.74, 6) is 1.71. The topological polar surface area (TPSA) is 6.48 Å². The highest BCUT2D eigenvalue weighted by molar-refractivity contribution is 7.61. The Morgan fingerprint density at radius 2 is 1.38 bits per heavy atom. The van der Waals surface area contributed by atoms with Gasteiger partial charge < -0.3 is 0 Å². The lowest BCUT2D eigenvalue weighted by molar-refractivity contribution is 0.250. The molecule has 116 valence electrons. The predicted molar refractivity (Wildman–Crippen MR) is 92.9 cm³/mol. The van der Waals surface area contributed by atoms with Crippen LogP contribution < -0.4 is 5.30 Å². The average Bonchev–Trinajstić information content (AvgIpc) is 2.49. The second-order valence-electron chi connectivity index (χ2n) is 6.95. The lowest BCUT2D eigenvalue weighted by Gasteiger charge is -2.45. The molecule has 0 bridgehead atoms. The molecule has 2 atom stereocenters. The fourth-order valence-electron chi connectivity index (χ4n) is 3.74. The molecule has 2 nitrogen and oxygen atoms in total. The Bertz CT molecular complexity index is 414. The third-order valence-corrected chi connectivity index (χ3v) is 7.35. The predicted octanol–water partition coefficient (Wildman–Crippen LogP) is 4.09. The van der Waals surface area contributed by atoms with E-state index in [0.29, 0.717) is 0 Å². The van der Waals surface area contributed by atoms with E-state index >= 15 is 0 Å². The maximum absolute atomic E-state index is 2.80. The molecule has 0 amide bonds. The first kappa shape index (κ1) is 15.5. The summed E-state index contributed by atoms with van der Waals surface area (Å²) >= 11 is 0. The van der Waals surface area contributed by atoms with Crippen LogP contribution in [0.5, 0.6) is 0 Å². The van der Waals surface area contributed by atoms with Crippen LogP contribution in [0.4, 0.5) is 0 Å². The van der Waals surface area contributed by atoms with Crippen LogP contribution in [0, 0.1) is 11.8 Å². The monoisotopic (exact) mass is 304 g/mol. The number of hydrogen-bond acceptors (Lipinski definition) is 2. The highest BCUT2D eigenvalue weighted by atomic mass is 31.1. The van der Waals surface area contributed by atoms with Crippen molar-refractivity contribution in [1.82, 2.24) is 9.34 Å². The minimum absolute atomic E-state index is 0.279. The van der Waals surface area contributed by atoms with Crippen molar-refractivity contribution in [2.75, 3.05) is 26.2 Å². The van der Waals surface area contributed by atoms with Crippen molar-refractivity contribution in [2.45, 2.75) is 39.5 Å². The van der Waals surface area contributed by atoms with E-state index in [0.717, 1.165) is 11.8 Å². The van der Waals surface area contributed by atoms with Gasteiger partial charge in [0, 0.05) is 31.5 Å². The second-order valence-corrected chi connectivity index (χ2v) is 9.17. The van der Waals surface area contributed by atoms with E-state index in [1.807, 2.05) is 0 Å². The summed E-state index contributed by atoms with van der Waals surface area (Å²) in [5, 5.41) is 1.55. The fourth-order valence-corrected chi connectivity index (χ4v) is 6.72. The van der Waals surface area contributed by atoms with Gasteiger partial charge in [0.2, 0.25) is 0 Å². The molecular formula is C18H29N2P. The van der Waals surface area contributed by atoms with Crippen LogP contribution in [0.3, 0.4) is 0 Å². The third-order valence-electron chi connectivity index (χ3n) is 4.79. The summed E-state index contributed by atoms with van der Waals surface area (Å²) in [4.78, 5) is 0. The molecule has 2 aliphatic heterocycles. The number of hydrogen-bond donors (Lipinski definition) is 0. The lowest BCUT2D eigenvalue weighted by Crippen LogP contribution is -2.42. The van der Waals surface area contributed by atoms with Crippen LogP contribution >= 0.6 is 8.22 Å². The van der Waals surface area contributed by atoms with Crippen molar-refractivity contribution in [1.29, 1.82) is 0 Å². The Hall–Kier alpha value is -0.430. The van der Waals surface area contributed by atoms with Gasteiger partial charge in [-0.2, -0.15) is 0 Å². The zero-order chi connectivity index (χ0) is 14.7. The molecule has 0 N–H and O–H groups in total. The molecule has 21 heavy (non-hydrogen) atoms. The van der Waals surface area contributed by atoms with E-state index in [-0.39, 0.29) is 8.22 Å². The van der Waals surface area contributed by atoms with Gasteiger partial charge in [0.1, 0.15) is 0 Å². The van der Waals surface area contributed by atoms with Crippen LogP contribution in [-0.4, -0.2) is 35.5 Å². The Morgan fingerprint density at radius 1 is 0.857 bits per heavy atom. The van der Waals surface area contributed by atoms with Gasteiger partial charge in [0.15, 0.2) is 0 Å². The van der Waals surface area contributed by atoms with E-state index < -0.39 is 0 Å². The number of rotatable bonds is 3. The first-order valence-electron chi connectivity index (χ1n) is 8.59. The minimum Gasteiger partial charge on any atom is -0.266 e. The SMILES string of the molecule is CC1CCCN(P(c2ccccc2)N2CCCC(C)C2)C1. The Balaban J connectivity index is 1.83. The van der Waals surface area contributed by atoms with Gasteiger partial charge in [-0.25, -0.2) is 0 Å². The summed E-state index contributed by atoms with van der Waals surface area (Å²) < 4.78 is 5.60. The van der Waals surface area contributed by atoms with Gasteiger partial charge in [0.25, 0.3) is 0 Å². The quantitative estimate of drug-likeness (QED) is 0.776. The van der Waals surface area contributed by atoms with E-state index in [9.17, 15) is 0 Å². The molecule has 1 aromatic rings. The highest BCUT2D eigenvalue weighted by Crippen LogP contribution is 2.47. The first-order valence-corrected chi connectivity index (χ1v) is 9.83. The molecule has 3 rings (SSSR count). The molecule has 0 radical (unpaired) electrons. The van der Waals surface area contributed by atoms with Gasteiger partial charge in [0.05, 0.1) is 8.22 Å². The summed E-state index contributed by atoms with van der Waals surface area (Å²) in [6, 6.07) is 11.3. The largest absolute Gasteiger partial charge is 0.266 e. The summed E-state index contributed by atoms with van der Waals surface area (Å²) in [6.07, 6.45) is 5.56. The summed E-state index contributed by atoms with van der Waals surface area (Å²) in [6.45, 7) is 9.98. The molecule has 2 aliphatic rings. The molecule has 2 unspecified atom stereocenters. The van der Waals surface area contributed by atoms with E-state index in [1.165, 1.54) is 51.9 Å². The molecule has 2 fully saturated rings. The molecule has 2 saturated heterocycles. The maximum Gasteiger partial charge on any atom is 0.0724 e. The van der Waals surface area contributed by atoms with Crippen molar-refractivity contribution < 1.29 is 0 Å². The number of piperidine rings is 2. The summed E-state index contributed by atoms with van der Waals surface area (Å²) in [7, 11) is -0.279. The molecule has 1 aromatic carbocycles. The molecule has 2 heterocycles. The van der Waals surface area contributed by atoms with Crippen LogP contribution in [-0.2, 0) is 0 Å². The average molecular weight is 304 g/mol.